The minimum absolute atomic E-state index is 0. The Hall–Kier alpha value is -0.820. The van der Waals surface area contributed by atoms with Crippen molar-refractivity contribution in [2.45, 2.75) is 40.0 Å². The SMILES string of the molecule is CCNC(=NCC1CCN(CCc2ccccc2)C1)NCCC(C)C.I. The third kappa shape index (κ3) is 9.21. The van der Waals surface area contributed by atoms with Gasteiger partial charge in [-0.25, -0.2) is 0 Å². The quantitative estimate of drug-likeness (QED) is 0.327. The topological polar surface area (TPSA) is 39.7 Å². The standard InChI is InChI=1S/C21H36N4.HI/c1-4-22-21(23-13-10-18(2)3)24-16-20-12-15-25(17-20)14-11-19-8-6-5-7-9-19;/h5-9,18,20H,4,10-17H2,1-3H3,(H2,22,23,24);1H. The molecule has 5 heteroatoms. The fourth-order valence-corrected chi connectivity index (χ4v) is 3.24. The van der Waals surface area contributed by atoms with E-state index < -0.39 is 0 Å². The highest BCUT2D eigenvalue weighted by Gasteiger charge is 2.21. The highest BCUT2D eigenvalue weighted by atomic mass is 127. The second-order valence-electron chi connectivity index (χ2n) is 7.52. The van der Waals surface area contributed by atoms with E-state index in [-0.39, 0.29) is 24.0 Å². The monoisotopic (exact) mass is 472 g/mol. The molecular formula is C21H37IN4. The first-order chi connectivity index (χ1) is 12.2. The van der Waals surface area contributed by atoms with Crippen LogP contribution in [-0.2, 0) is 6.42 Å². The van der Waals surface area contributed by atoms with Crippen molar-refractivity contribution in [3.63, 3.8) is 0 Å². The Morgan fingerprint density at radius 3 is 2.69 bits per heavy atom. The predicted octanol–water partition coefficient (Wildman–Crippen LogP) is 3.77. The van der Waals surface area contributed by atoms with E-state index in [2.05, 4.69) is 66.6 Å². The number of hydrogen-bond acceptors (Lipinski definition) is 2. The van der Waals surface area contributed by atoms with Crippen LogP contribution in [0.2, 0.25) is 0 Å². The van der Waals surface area contributed by atoms with Gasteiger partial charge in [0.25, 0.3) is 0 Å². The molecule has 0 saturated carbocycles. The molecule has 1 fully saturated rings. The molecule has 1 unspecified atom stereocenters. The van der Waals surface area contributed by atoms with Crippen molar-refractivity contribution in [2.24, 2.45) is 16.8 Å². The van der Waals surface area contributed by atoms with Crippen molar-refractivity contribution in [3.8, 4) is 0 Å². The summed E-state index contributed by atoms with van der Waals surface area (Å²) in [6.45, 7) is 13.0. The number of rotatable bonds is 9. The maximum Gasteiger partial charge on any atom is 0.191 e. The third-order valence-corrected chi connectivity index (χ3v) is 4.80. The van der Waals surface area contributed by atoms with Gasteiger partial charge >= 0.3 is 0 Å². The van der Waals surface area contributed by atoms with Crippen LogP contribution in [0.15, 0.2) is 35.3 Å². The Bertz CT molecular complexity index is 504. The highest BCUT2D eigenvalue weighted by molar-refractivity contribution is 14.0. The summed E-state index contributed by atoms with van der Waals surface area (Å²) >= 11 is 0. The van der Waals surface area contributed by atoms with Crippen LogP contribution in [-0.4, -0.2) is 50.1 Å². The maximum absolute atomic E-state index is 4.81. The van der Waals surface area contributed by atoms with E-state index in [0.29, 0.717) is 5.92 Å². The van der Waals surface area contributed by atoms with Gasteiger partial charge in [0.15, 0.2) is 5.96 Å². The average Bonchev–Trinajstić information content (AvgIpc) is 3.06. The summed E-state index contributed by atoms with van der Waals surface area (Å²) in [5.41, 5.74) is 1.44. The molecule has 2 rings (SSSR count). The Balaban J connectivity index is 0.00000338. The normalized spacial score (nSPS) is 18.0. The molecule has 1 heterocycles. The first-order valence-corrected chi connectivity index (χ1v) is 9.95. The Morgan fingerprint density at radius 2 is 2.00 bits per heavy atom. The second-order valence-corrected chi connectivity index (χ2v) is 7.52. The van der Waals surface area contributed by atoms with Crippen LogP contribution in [0.3, 0.4) is 0 Å². The summed E-state index contributed by atoms with van der Waals surface area (Å²) in [7, 11) is 0. The molecule has 0 spiro atoms. The van der Waals surface area contributed by atoms with Crippen LogP contribution in [0, 0.1) is 11.8 Å². The molecule has 1 aliphatic rings. The molecule has 1 aromatic carbocycles. The van der Waals surface area contributed by atoms with Gasteiger partial charge in [-0.1, -0.05) is 44.2 Å². The third-order valence-electron chi connectivity index (χ3n) is 4.80. The number of benzene rings is 1. The summed E-state index contributed by atoms with van der Waals surface area (Å²) < 4.78 is 0. The van der Waals surface area contributed by atoms with Crippen LogP contribution in [0.25, 0.3) is 0 Å². The van der Waals surface area contributed by atoms with E-state index in [1.165, 1.54) is 31.5 Å². The van der Waals surface area contributed by atoms with Gasteiger partial charge in [0.05, 0.1) is 0 Å². The van der Waals surface area contributed by atoms with Crippen LogP contribution in [0.5, 0.6) is 0 Å². The molecular weight excluding hydrogens is 435 g/mol. The molecule has 1 atom stereocenters. The van der Waals surface area contributed by atoms with Crippen LogP contribution < -0.4 is 10.6 Å². The Kier molecular flexibility index (Phi) is 11.9. The Labute approximate surface area is 177 Å². The lowest BCUT2D eigenvalue weighted by Crippen LogP contribution is -2.38. The highest BCUT2D eigenvalue weighted by Crippen LogP contribution is 2.17. The minimum Gasteiger partial charge on any atom is -0.357 e. The molecule has 148 valence electrons. The van der Waals surface area contributed by atoms with E-state index in [0.717, 1.165) is 44.5 Å². The lowest BCUT2D eigenvalue weighted by molar-refractivity contribution is 0.329. The van der Waals surface area contributed by atoms with Gasteiger partial charge in [0.1, 0.15) is 0 Å². The zero-order chi connectivity index (χ0) is 17.9. The molecule has 0 bridgehead atoms. The molecule has 0 radical (unpaired) electrons. The summed E-state index contributed by atoms with van der Waals surface area (Å²) in [4.78, 5) is 7.40. The number of halogens is 1. The summed E-state index contributed by atoms with van der Waals surface area (Å²) in [5, 5.41) is 6.82. The van der Waals surface area contributed by atoms with Gasteiger partial charge in [0, 0.05) is 32.7 Å². The number of guanidine groups is 1. The minimum atomic E-state index is 0. The molecule has 26 heavy (non-hydrogen) atoms. The summed E-state index contributed by atoms with van der Waals surface area (Å²) in [5.74, 6) is 2.39. The van der Waals surface area contributed by atoms with E-state index >= 15 is 0 Å². The van der Waals surface area contributed by atoms with Gasteiger partial charge in [-0.3, -0.25) is 4.99 Å². The molecule has 0 aliphatic carbocycles. The second kappa shape index (κ2) is 13.4. The zero-order valence-electron chi connectivity index (χ0n) is 16.7. The van der Waals surface area contributed by atoms with E-state index in [1.807, 2.05) is 0 Å². The smallest absolute Gasteiger partial charge is 0.191 e. The van der Waals surface area contributed by atoms with Crippen LogP contribution in [0.4, 0.5) is 0 Å². The van der Waals surface area contributed by atoms with Crippen molar-refractivity contribution in [2.75, 3.05) is 39.3 Å². The van der Waals surface area contributed by atoms with Crippen molar-refractivity contribution >= 4 is 29.9 Å². The first kappa shape index (κ1) is 23.2. The van der Waals surface area contributed by atoms with Crippen LogP contribution in [0.1, 0.15) is 39.2 Å². The molecule has 0 amide bonds. The molecule has 1 aromatic rings. The Morgan fingerprint density at radius 1 is 1.23 bits per heavy atom. The zero-order valence-corrected chi connectivity index (χ0v) is 19.0. The van der Waals surface area contributed by atoms with E-state index in [9.17, 15) is 0 Å². The summed E-state index contributed by atoms with van der Waals surface area (Å²) in [6.07, 6.45) is 3.60. The van der Waals surface area contributed by atoms with Crippen molar-refractivity contribution in [1.82, 2.24) is 15.5 Å². The predicted molar refractivity (Wildman–Crippen MR) is 124 cm³/mol. The molecule has 0 aromatic heterocycles. The average molecular weight is 472 g/mol. The fraction of sp³-hybridized carbons (Fsp3) is 0.667. The number of nitrogens with zero attached hydrogens (tertiary/aromatic N) is 2. The van der Waals surface area contributed by atoms with Gasteiger partial charge in [0.2, 0.25) is 0 Å². The van der Waals surface area contributed by atoms with E-state index in [1.54, 1.807) is 0 Å². The van der Waals surface area contributed by atoms with Gasteiger partial charge in [-0.05, 0) is 50.1 Å². The fourth-order valence-electron chi connectivity index (χ4n) is 3.24. The number of nitrogens with one attached hydrogen (secondary N) is 2. The van der Waals surface area contributed by atoms with Gasteiger partial charge in [-0.2, -0.15) is 0 Å². The number of likely N-dealkylation sites (tertiary alicyclic amines) is 1. The summed E-state index contributed by atoms with van der Waals surface area (Å²) in [6, 6.07) is 10.8. The first-order valence-electron chi connectivity index (χ1n) is 9.95. The van der Waals surface area contributed by atoms with Crippen molar-refractivity contribution in [1.29, 1.82) is 0 Å². The molecule has 4 nitrogen and oxygen atoms in total. The lowest BCUT2D eigenvalue weighted by atomic mass is 10.1. The largest absolute Gasteiger partial charge is 0.357 e. The molecule has 1 saturated heterocycles. The van der Waals surface area contributed by atoms with E-state index in [4.69, 9.17) is 4.99 Å². The van der Waals surface area contributed by atoms with Crippen LogP contribution >= 0.6 is 24.0 Å². The molecule has 1 aliphatic heterocycles. The van der Waals surface area contributed by atoms with Crippen molar-refractivity contribution in [3.05, 3.63) is 35.9 Å². The maximum atomic E-state index is 4.81. The lowest BCUT2D eigenvalue weighted by Gasteiger charge is -2.16. The molecule has 2 N–H and O–H groups in total. The number of aliphatic imine (C=N–C) groups is 1. The van der Waals surface area contributed by atoms with Gasteiger partial charge < -0.3 is 15.5 Å². The number of hydrogen-bond donors (Lipinski definition) is 2. The van der Waals surface area contributed by atoms with Crippen molar-refractivity contribution < 1.29 is 0 Å². The van der Waals surface area contributed by atoms with Gasteiger partial charge in [-0.15, -0.1) is 24.0 Å².